The third-order valence-corrected chi connectivity index (χ3v) is 6.13. The van der Waals surface area contributed by atoms with Crippen LogP contribution in [0.15, 0.2) is 65.6 Å². The van der Waals surface area contributed by atoms with E-state index in [0.29, 0.717) is 49.0 Å². The van der Waals surface area contributed by atoms with Crippen molar-refractivity contribution in [1.29, 1.82) is 0 Å². The molecule has 1 fully saturated rings. The van der Waals surface area contributed by atoms with Gasteiger partial charge in [-0.1, -0.05) is 40.6 Å². The van der Waals surface area contributed by atoms with Crippen LogP contribution in [-0.2, 0) is 17.8 Å². The lowest BCUT2D eigenvalue weighted by atomic mass is 9.95. The van der Waals surface area contributed by atoms with Crippen molar-refractivity contribution in [3.05, 3.63) is 83.4 Å². The molecule has 1 aliphatic heterocycles. The molecule has 0 N–H and O–H groups in total. The number of ether oxygens (including phenoxy) is 2. The zero-order valence-electron chi connectivity index (χ0n) is 19.0. The summed E-state index contributed by atoms with van der Waals surface area (Å²) >= 11 is 0. The van der Waals surface area contributed by atoms with Crippen molar-refractivity contribution in [2.75, 3.05) is 26.3 Å². The van der Waals surface area contributed by atoms with Crippen molar-refractivity contribution < 1.29 is 18.9 Å². The van der Waals surface area contributed by atoms with Gasteiger partial charge in [-0.25, -0.2) is 4.63 Å². The van der Waals surface area contributed by atoms with Crippen LogP contribution in [0.5, 0.6) is 5.75 Å². The van der Waals surface area contributed by atoms with Gasteiger partial charge >= 0.3 is 0 Å². The van der Waals surface area contributed by atoms with E-state index in [1.165, 1.54) is 10.9 Å². The van der Waals surface area contributed by atoms with Gasteiger partial charge in [0.15, 0.2) is 0 Å². The number of nitrogens with zero attached hydrogens (tertiary/aromatic N) is 4. The molecule has 1 saturated heterocycles. The van der Waals surface area contributed by atoms with Crippen molar-refractivity contribution >= 4 is 16.7 Å². The number of amides is 1. The standard InChI is InChI=1S/C26H26N4O4/c1-18-24(29-34-28-18)17-33-25-8-3-2-7-23(25)26(31)30-11-12-32-16-19(15-30)13-20-5-4-6-21-14-27-10-9-22(20)21/h2-10,14,19H,11-13,15-17H2,1H3/t19-/m0/s1. The van der Waals surface area contributed by atoms with Gasteiger partial charge in [-0.05, 0) is 42.5 Å². The van der Waals surface area contributed by atoms with E-state index in [1.807, 2.05) is 35.5 Å². The lowest BCUT2D eigenvalue weighted by Crippen LogP contribution is -2.36. The predicted octanol–water partition coefficient (Wildman–Crippen LogP) is 3.84. The van der Waals surface area contributed by atoms with E-state index < -0.39 is 0 Å². The number of para-hydroxylation sites is 1. The Balaban J connectivity index is 1.32. The van der Waals surface area contributed by atoms with Crippen molar-refractivity contribution in [3.63, 3.8) is 0 Å². The topological polar surface area (TPSA) is 90.6 Å². The molecule has 1 amide bonds. The second-order valence-corrected chi connectivity index (χ2v) is 8.49. The van der Waals surface area contributed by atoms with E-state index in [0.717, 1.165) is 11.8 Å². The van der Waals surface area contributed by atoms with Crippen LogP contribution in [0.25, 0.3) is 10.8 Å². The molecule has 2 aromatic heterocycles. The van der Waals surface area contributed by atoms with E-state index in [-0.39, 0.29) is 18.4 Å². The molecule has 0 unspecified atom stereocenters. The number of aromatic nitrogens is 3. The molecule has 34 heavy (non-hydrogen) atoms. The van der Waals surface area contributed by atoms with Crippen molar-refractivity contribution in [2.24, 2.45) is 5.92 Å². The Bertz CT molecular complexity index is 1280. The second-order valence-electron chi connectivity index (χ2n) is 8.49. The fourth-order valence-electron chi connectivity index (χ4n) is 4.33. The Morgan fingerprint density at radius 1 is 1.15 bits per heavy atom. The molecule has 8 heteroatoms. The van der Waals surface area contributed by atoms with Crippen LogP contribution >= 0.6 is 0 Å². The van der Waals surface area contributed by atoms with Gasteiger partial charge in [0.25, 0.3) is 5.91 Å². The van der Waals surface area contributed by atoms with Crippen LogP contribution in [0.4, 0.5) is 0 Å². The minimum atomic E-state index is -0.0665. The minimum absolute atomic E-state index is 0.0665. The van der Waals surface area contributed by atoms with Crippen LogP contribution in [0.1, 0.15) is 27.3 Å². The Hall–Kier alpha value is -3.78. The summed E-state index contributed by atoms with van der Waals surface area (Å²) in [6, 6.07) is 15.6. The van der Waals surface area contributed by atoms with Gasteiger partial charge in [0.1, 0.15) is 23.7 Å². The number of rotatable bonds is 6. The van der Waals surface area contributed by atoms with Crippen LogP contribution in [-0.4, -0.2) is 52.4 Å². The van der Waals surface area contributed by atoms with Gasteiger partial charge in [0.05, 0.1) is 18.8 Å². The zero-order valence-corrected chi connectivity index (χ0v) is 19.0. The molecule has 5 rings (SSSR count). The summed E-state index contributed by atoms with van der Waals surface area (Å²) in [5.74, 6) is 0.628. The van der Waals surface area contributed by atoms with Gasteiger partial charge in [-0.15, -0.1) is 0 Å². The molecule has 3 heterocycles. The summed E-state index contributed by atoms with van der Waals surface area (Å²) in [7, 11) is 0. The zero-order chi connectivity index (χ0) is 23.3. The smallest absolute Gasteiger partial charge is 0.257 e. The number of hydrogen-bond acceptors (Lipinski definition) is 7. The number of benzene rings is 2. The molecule has 4 aromatic rings. The quantitative estimate of drug-likeness (QED) is 0.434. The Kier molecular flexibility index (Phi) is 6.49. The van der Waals surface area contributed by atoms with Gasteiger partial charge in [0, 0.05) is 36.8 Å². The Morgan fingerprint density at radius 3 is 2.94 bits per heavy atom. The van der Waals surface area contributed by atoms with Crippen LogP contribution in [0.3, 0.4) is 0 Å². The normalized spacial score (nSPS) is 16.4. The maximum Gasteiger partial charge on any atom is 0.257 e. The molecule has 1 aliphatic rings. The Labute approximate surface area is 197 Å². The molecule has 0 aliphatic carbocycles. The van der Waals surface area contributed by atoms with E-state index in [9.17, 15) is 4.79 Å². The molecule has 174 valence electrons. The first-order valence-corrected chi connectivity index (χ1v) is 11.4. The molecule has 0 saturated carbocycles. The van der Waals surface area contributed by atoms with Crippen LogP contribution in [0.2, 0.25) is 0 Å². The second kappa shape index (κ2) is 10.0. The number of pyridine rings is 1. The first kappa shape index (κ1) is 22.0. The van der Waals surface area contributed by atoms with Gasteiger partial charge in [-0.3, -0.25) is 9.78 Å². The molecule has 2 aromatic carbocycles. The van der Waals surface area contributed by atoms with Gasteiger partial charge < -0.3 is 14.4 Å². The highest BCUT2D eigenvalue weighted by atomic mass is 16.6. The van der Waals surface area contributed by atoms with Crippen molar-refractivity contribution in [2.45, 2.75) is 20.0 Å². The maximum atomic E-state index is 13.5. The van der Waals surface area contributed by atoms with Crippen molar-refractivity contribution in [3.8, 4) is 5.75 Å². The highest BCUT2D eigenvalue weighted by Crippen LogP contribution is 2.25. The summed E-state index contributed by atoms with van der Waals surface area (Å²) in [5, 5.41) is 9.93. The summed E-state index contributed by atoms with van der Waals surface area (Å²) in [5.41, 5.74) is 3.04. The number of carbonyl (C=O) groups is 1. The van der Waals surface area contributed by atoms with Crippen LogP contribution in [0, 0.1) is 12.8 Å². The maximum absolute atomic E-state index is 13.5. The van der Waals surface area contributed by atoms with E-state index in [2.05, 4.69) is 33.5 Å². The van der Waals surface area contributed by atoms with E-state index in [4.69, 9.17) is 14.1 Å². The Morgan fingerprint density at radius 2 is 2.06 bits per heavy atom. The van der Waals surface area contributed by atoms with Crippen molar-refractivity contribution in [1.82, 2.24) is 20.2 Å². The number of fused-ring (bicyclic) bond motifs is 1. The first-order chi connectivity index (χ1) is 16.7. The minimum Gasteiger partial charge on any atom is -0.486 e. The largest absolute Gasteiger partial charge is 0.486 e. The lowest BCUT2D eigenvalue weighted by molar-refractivity contribution is 0.0732. The average molecular weight is 459 g/mol. The third-order valence-electron chi connectivity index (χ3n) is 6.13. The van der Waals surface area contributed by atoms with E-state index >= 15 is 0 Å². The number of hydrogen-bond donors (Lipinski definition) is 0. The fourth-order valence-corrected chi connectivity index (χ4v) is 4.33. The summed E-state index contributed by atoms with van der Waals surface area (Å²) in [6.07, 6.45) is 4.52. The summed E-state index contributed by atoms with van der Waals surface area (Å²) in [4.78, 5) is 19.6. The third kappa shape index (κ3) is 4.77. The van der Waals surface area contributed by atoms with Gasteiger partial charge in [-0.2, -0.15) is 0 Å². The SMILES string of the molecule is Cc1nonc1COc1ccccc1C(=O)N1CCOC[C@@H](Cc2cccc3cnccc23)C1. The van der Waals surface area contributed by atoms with E-state index in [1.54, 1.807) is 19.1 Å². The monoisotopic (exact) mass is 458 g/mol. The average Bonchev–Trinajstić information content (AvgIpc) is 3.14. The molecule has 8 nitrogen and oxygen atoms in total. The summed E-state index contributed by atoms with van der Waals surface area (Å²) < 4.78 is 16.5. The molecular formula is C26H26N4O4. The summed E-state index contributed by atoms with van der Waals surface area (Å²) in [6.45, 7) is 4.25. The molecule has 0 radical (unpaired) electrons. The fraction of sp³-hybridized carbons (Fsp3) is 0.308. The highest BCUT2D eigenvalue weighted by Gasteiger charge is 2.26. The number of aryl methyl sites for hydroxylation is 1. The first-order valence-electron chi connectivity index (χ1n) is 11.4. The molecular weight excluding hydrogens is 432 g/mol. The highest BCUT2D eigenvalue weighted by molar-refractivity contribution is 5.97. The molecule has 1 atom stereocenters. The molecule has 0 spiro atoms. The number of carbonyl (C=O) groups excluding carboxylic acids is 1. The lowest BCUT2D eigenvalue weighted by Gasteiger charge is -2.25. The van der Waals surface area contributed by atoms with Gasteiger partial charge in [0.2, 0.25) is 0 Å². The predicted molar refractivity (Wildman–Crippen MR) is 125 cm³/mol. The van der Waals surface area contributed by atoms with Crippen LogP contribution < -0.4 is 4.74 Å². The molecule has 0 bridgehead atoms.